The van der Waals surface area contributed by atoms with E-state index in [1.54, 1.807) is 0 Å². The molecule has 0 aromatic heterocycles. The van der Waals surface area contributed by atoms with Crippen LogP contribution >= 0.6 is 0 Å². The third kappa shape index (κ3) is 7.55. The molecule has 0 saturated carbocycles. The van der Waals surface area contributed by atoms with Crippen molar-refractivity contribution in [3.8, 4) is 0 Å². The lowest BCUT2D eigenvalue weighted by Gasteiger charge is -1.89. The summed E-state index contributed by atoms with van der Waals surface area (Å²) < 4.78 is 8.42. The molecule has 0 unspecified atom stereocenters. The third-order valence-corrected chi connectivity index (χ3v) is 1.71. The van der Waals surface area contributed by atoms with Gasteiger partial charge in [-0.25, -0.2) is 9.59 Å². The van der Waals surface area contributed by atoms with Crippen molar-refractivity contribution in [2.45, 2.75) is 13.3 Å². The van der Waals surface area contributed by atoms with E-state index in [0.29, 0.717) is 0 Å². The highest BCUT2D eigenvalue weighted by Crippen LogP contribution is 2.06. The van der Waals surface area contributed by atoms with Crippen molar-refractivity contribution in [3.05, 3.63) is 36.0 Å². The van der Waals surface area contributed by atoms with E-state index in [1.807, 2.05) is 0 Å². The fourth-order valence-corrected chi connectivity index (χ4v) is 0.826. The van der Waals surface area contributed by atoms with E-state index < -0.39 is 11.9 Å². The maximum atomic E-state index is 10.3. The molecule has 1 aliphatic carbocycles. The van der Waals surface area contributed by atoms with Gasteiger partial charge in [-0.15, -0.1) is 0 Å². The Morgan fingerprint density at radius 1 is 1.19 bits per heavy atom. The maximum absolute atomic E-state index is 10.3. The van der Waals surface area contributed by atoms with Gasteiger partial charge >= 0.3 is 11.9 Å². The summed E-state index contributed by atoms with van der Waals surface area (Å²) in [5.41, 5.74) is 1.47. The maximum Gasteiger partial charge on any atom is 0.330 e. The Balaban J connectivity index is 0.000000315. The first kappa shape index (κ1) is 14.2. The van der Waals surface area contributed by atoms with Gasteiger partial charge in [0, 0.05) is 12.2 Å². The van der Waals surface area contributed by atoms with Gasteiger partial charge in [0.25, 0.3) is 0 Å². The standard InChI is InChI=1S/C6H8O4.C6H8/c1-9-5(7)3-4-6(8)10-2;1-6-4-2-3-5-6/h3-4H,1-2H3;2-4H,5H2,1H3. The SMILES string of the molecule is CC1=CC=CC1.COC(=O)C=CC(=O)OC. The van der Waals surface area contributed by atoms with Gasteiger partial charge < -0.3 is 9.47 Å². The Labute approximate surface area is 95.2 Å². The highest BCUT2D eigenvalue weighted by Gasteiger charge is 1.94. The summed E-state index contributed by atoms with van der Waals surface area (Å²) in [4.78, 5) is 20.6. The summed E-state index contributed by atoms with van der Waals surface area (Å²) in [6.45, 7) is 2.14. The summed E-state index contributed by atoms with van der Waals surface area (Å²) >= 11 is 0. The Bertz CT molecular complexity index is 306. The fourth-order valence-electron chi connectivity index (χ4n) is 0.826. The van der Waals surface area contributed by atoms with Crippen LogP contribution < -0.4 is 0 Å². The summed E-state index contributed by atoms with van der Waals surface area (Å²) in [6.07, 6.45) is 9.54. The van der Waals surface area contributed by atoms with Crippen LogP contribution in [-0.2, 0) is 19.1 Å². The molecule has 0 aromatic rings. The van der Waals surface area contributed by atoms with Crippen LogP contribution in [0.1, 0.15) is 13.3 Å². The van der Waals surface area contributed by atoms with Crippen molar-refractivity contribution in [3.63, 3.8) is 0 Å². The highest BCUT2D eigenvalue weighted by molar-refractivity contribution is 5.91. The van der Waals surface area contributed by atoms with Crippen LogP contribution in [0.25, 0.3) is 0 Å². The number of hydrogen-bond donors (Lipinski definition) is 0. The zero-order chi connectivity index (χ0) is 12.4. The van der Waals surface area contributed by atoms with Crippen LogP contribution in [0.4, 0.5) is 0 Å². The van der Waals surface area contributed by atoms with E-state index in [1.165, 1.54) is 26.2 Å². The van der Waals surface area contributed by atoms with Crippen LogP contribution in [0.5, 0.6) is 0 Å². The second kappa shape index (κ2) is 8.47. The van der Waals surface area contributed by atoms with Crippen LogP contribution in [0.2, 0.25) is 0 Å². The summed E-state index contributed by atoms with van der Waals surface area (Å²) in [5.74, 6) is -1.16. The Hall–Kier alpha value is -1.84. The lowest BCUT2D eigenvalue weighted by atomic mass is 10.3. The molecule has 1 rings (SSSR count). The number of hydrogen-bond acceptors (Lipinski definition) is 4. The third-order valence-electron chi connectivity index (χ3n) is 1.71. The summed E-state index contributed by atoms with van der Waals surface area (Å²) in [6, 6.07) is 0. The molecule has 4 nitrogen and oxygen atoms in total. The predicted octanol–water partition coefficient (Wildman–Crippen LogP) is 1.78. The van der Waals surface area contributed by atoms with Crippen molar-refractivity contribution >= 4 is 11.9 Å². The molecule has 0 atom stereocenters. The quantitative estimate of drug-likeness (QED) is 0.530. The molecule has 0 spiro atoms. The molecule has 0 bridgehead atoms. The van der Waals surface area contributed by atoms with Gasteiger partial charge in [0.1, 0.15) is 0 Å². The number of allylic oxidation sites excluding steroid dienone is 4. The van der Waals surface area contributed by atoms with Gasteiger partial charge in [-0.1, -0.05) is 23.8 Å². The van der Waals surface area contributed by atoms with Gasteiger partial charge in [0.15, 0.2) is 0 Å². The van der Waals surface area contributed by atoms with E-state index >= 15 is 0 Å². The minimum Gasteiger partial charge on any atom is -0.466 e. The van der Waals surface area contributed by atoms with Crippen molar-refractivity contribution < 1.29 is 19.1 Å². The van der Waals surface area contributed by atoms with E-state index in [9.17, 15) is 9.59 Å². The van der Waals surface area contributed by atoms with E-state index in [4.69, 9.17) is 0 Å². The van der Waals surface area contributed by atoms with E-state index in [-0.39, 0.29) is 0 Å². The smallest absolute Gasteiger partial charge is 0.330 e. The van der Waals surface area contributed by atoms with Crippen LogP contribution in [0, 0.1) is 0 Å². The number of ether oxygens (including phenoxy) is 2. The van der Waals surface area contributed by atoms with Crippen LogP contribution in [0.3, 0.4) is 0 Å². The molecule has 1 aliphatic rings. The first-order chi connectivity index (χ1) is 7.60. The topological polar surface area (TPSA) is 52.6 Å². The molecular formula is C12H16O4. The highest BCUT2D eigenvalue weighted by atomic mass is 16.5. The lowest BCUT2D eigenvalue weighted by molar-refractivity contribution is -0.137. The van der Waals surface area contributed by atoms with E-state index in [0.717, 1.165) is 12.2 Å². The molecule has 0 heterocycles. The van der Waals surface area contributed by atoms with Crippen molar-refractivity contribution in [2.75, 3.05) is 14.2 Å². The average Bonchev–Trinajstić information content (AvgIpc) is 2.77. The van der Waals surface area contributed by atoms with Gasteiger partial charge in [0.05, 0.1) is 14.2 Å². The zero-order valence-electron chi connectivity index (χ0n) is 9.73. The van der Waals surface area contributed by atoms with Gasteiger partial charge in [0.2, 0.25) is 0 Å². The first-order valence-electron chi connectivity index (χ1n) is 4.76. The molecule has 0 amide bonds. The molecule has 16 heavy (non-hydrogen) atoms. The fraction of sp³-hybridized carbons (Fsp3) is 0.333. The molecule has 0 saturated heterocycles. The number of methoxy groups -OCH3 is 2. The second-order valence-electron chi connectivity index (χ2n) is 3.02. The predicted molar refractivity (Wildman–Crippen MR) is 60.7 cm³/mol. The second-order valence-corrected chi connectivity index (χ2v) is 3.02. The van der Waals surface area contributed by atoms with Crippen LogP contribution in [-0.4, -0.2) is 26.2 Å². The van der Waals surface area contributed by atoms with Gasteiger partial charge in [-0.2, -0.15) is 0 Å². The number of carbonyl (C=O) groups is 2. The van der Waals surface area contributed by atoms with Crippen molar-refractivity contribution in [2.24, 2.45) is 0 Å². The molecule has 0 radical (unpaired) electrons. The zero-order valence-corrected chi connectivity index (χ0v) is 9.73. The minimum atomic E-state index is -0.578. The lowest BCUT2D eigenvalue weighted by Crippen LogP contribution is -1.98. The van der Waals surface area contributed by atoms with Gasteiger partial charge in [-0.3, -0.25) is 0 Å². The monoisotopic (exact) mass is 224 g/mol. The molecule has 88 valence electrons. The first-order valence-corrected chi connectivity index (χ1v) is 4.76. The Morgan fingerprint density at radius 3 is 1.88 bits per heavy atom. The largest absolute Gasteiger partial charge is 0.466 e. The number of esters is 2. The number of carbonyl (C=O) groups excluding carboxylic acids is 2. The molecule has 0 N–H and O–H groups in total. The minimum absolute atomic E-state index is 0.578. The molecule has 0 fully saturated rings. The summed E-state index contributed by atoms with van der Waals surface area (Å²) in [5, 5.41) is 0. The Morgan fingerprint density at radius 2 is 1.69 bits per heavy atom. The van der Waals surface area contributed by atoms with Gasteiger partial charge in [-0.05, 0) is 13.3 Å². The average molecular weight is 224 g/mol. The normalized spacial score (nSPS) is 12.8. The Kier molecular flexibility index (Phi) is 7.49. The number of rotatable bonds is 2. The van der Waals surface area contributed by atoms with Crippen molar-refractivity contribution in [1.82, 2.24) is 0 Å². The summed E-state index contributed by atoms with van der Waals surface area (Å²) in [7, 11) is 2.45. The molecule has 0 aromatic carbocycles. The van der Waals surface area contributed by atoms with Crippen LogP contribution in [0.15, 0.2) is 36.0 Å². The molecular weight excluding hydrogens is 208 g/mol. The van der Waals surface area contributed by atoms with Crippen molar-refractivity contribution in [1.29, 1.82) is 0 Å². The molecule has 0 aliphatic heterocycles. The van der Waals surface area contributed by atoms with E-state index in [2.05, 4.69) is 34.6 Å². The molecule has 4 heteroatoms.